The van der Waals surface area contributed by atoms with Gasteiger partial charge in [-0.3, -0.25) is 0 Å². The van der Waals surface area contributed by atoms with Crippen molar-refractivity contribution in [3.05, 3.63) is 6.42 Å². The van der Waals surface area contributed by atoms with Gasteiger partial charge in [-0.15, -0.1) is 0 Å². The van der Waals surface area contributed by atoms with Crippen LogP contribution >= 0.6 is 0 Å². The molecular weight excluding hydrogens is 216 g/mol. The van der Waals surface area contributed by atoms with Crippen molar-refractivity contribution in [1.29, 1.82) is 5.26 Å². The number of nitrogens with zero attached hydrogens (tertiary/aromatic N) is 1. The van der Waals surface area contributed by atoms with Crippen molar-refractivity contribution in [2.24, 2.45) is 11.3 Å². The maximum atomic E-state index is 11.4. The molecule has 0 aromatic rings. The number of hydrogen-bond acceptors (Lipinski definition) is 2. The Morgan fingerprint density at radius 2 is 1.85 bits per heavy atom. The van der Waals surface area contributed by atoms with Gasteiger partial charge in [-0.1, -0.05) is 20.8 Å². The van der Waals surface area contributed by atoms with Crippen molar-refractivity contribution in [1.82, 2.24) is 0 Å². The van der Waals surface area contributed by atoms with Gasteiger partial charge in [0.1, 0.15) is 5.78 Å². The predicted octanol–water partition coefficient (Wildman–Crippen LogP) is -4.03. The molecule has 0 fully saturated rings. The van der Waals surface area contributed by atoms with E-state index in [9.17, 15) is 4.79 Å². The summed E-state index contributed by atoms with van der Waals surface area (Å²) in [4.78, 5) is 11.4. The fraction of sp³-hybridized carbons (Fsp3) is 0.667. The zero-order valence-corrected chi connectivity index (χ0v) is 15.8. The van der Waals surface area contributed by atoms with Gasteiger partial charge in [-0.05, 0) is 5.41 Å². The standard InChI is InChI=1S/C9H14NO.2K/c1-5-9(4,6-10)8(11)7(2)3;;/h5,7H,1-4H3;;/q-1;2*+1. The first-order valence-electron chi connectivity index (χ1n) is 3.74. The average Bonchev–Trinajstić information content (AvgIpc) is 2.01. The molecule has 0 spiro atoms. The molecule has 0 N–H and O–H groups in total. The van der Waals surface area contributed by atoms with Crippen molar-refractivity contribution in [2.75, 3.05) is 0 Å². The molecule has 0 aliphatic carbocycles. The van der Waals surface area contributed by atoms with Crippen LogP contribution in [0.5, 0.6) is 0 Å². The van der Waals surface area contributed by atoms with Gasteiger partial charge in [0.15, 0.2) is 0 Å². The second kappa shape index (κ2) is 9.64. The minimum atomic E-state index is -0.895. The van der Waals surface area contributed by atoms with E-state index in [1.165, 1.54) is 0 Å². The second-order valence-electron chi connectivity index (χ2n) is 3.12. The number of carbonyl (C=O) groups is 1. The van der Waals surface area contributed by atoms with Gasteiger partial charge in [-0.2, -0.15) is 6.92 Å². The fourth-order valence-corrected chi connectivity index (χ4v) is 0.862. The van der Waals surface area contributed by atoms with Crippen LogP contribution in [0.3, 0.4) is 0 Å². The minimum absolute atomic E-state index is 0. The molecule has 0 heterocycles. The Labute approximate surface area is 166 Å². The third kappa shape index (κ3) is 6.57. The Balaban J connectivity index is -0.000000500. The molecule has 0 radical (unpaired) electrons. The summed E-state index contributed by atoms with van der Waals surface area (Å²) in [6.07, 6.45) is 1.65. The van der Waals surface area contributed by atoms with Gasteiger partial charge in [0.05, 0.1) is 0 Å². The van der Waals surface area contributed by atoms with E-state index in [0.29, 0.717) is 0 Å². The quantitative estimate of drug-likeness (QED) is 0.366. The first-order valence-corrected chi connectivity index (χ1v) is 3.74. The Morgan fingerprint density at radius 3 is 1.92 bits per heavy atom. The van der Waals surface area contributed by atoms with Crippen molar-refractivity contribution in [3.8, 4) is 6.07 Å². The fourth-order valence-electron chi connectivity index (χ4n) is 0.862. The van der Waals surface area contributed by atoms with E-state index in [2.05, 4.69) is 0 Å². The number of hydrogen-bond donors (Lipinski definition) is 0. The van der Waals surface area contributed by atoms with Crippen LogP contribution in [0, 0.1) is 29.1 Å². The Morgan fingerprint density at radius 1 is 1.46 bits per heavy atom. The van der Waals surface area contributed by atoms with Crippen molar-refractivity contribution >= 4 is 5.78 Å². The maximum Gasteiger partial charge on any atom is 1.00 e. The number of Topliss-reactive ketones (excluding diaryl/α,β-unsaturated/α-hetero) is 1. The van der Waals surface area contributed by atoms with Crippen molar-refractivity contribution < 1.29 is 108 Å². The first kappa shape index (κ1) is 20.8. The Hall–Kier alpha value is 2.43. The van der Waals surface area contributed by atoms with Crippen LogP contribution in [0.4, 0.5) is 0 Å². The van der Waals surface area contributed by atoms with Gasteiger partial charge in [0.2, 0.25) is 0 Å². The molecule has 0 aliphatic rings. The van der Waals surface area contributed by atoms with E-state index in [4.69, 9.17) is 5.26 Å². The van der Waals surface area contributed by atoms with E-state index in [0.717, 1.165) is 0 Å². The van der Waals surface area contributed by atoms with E-state index < -0.39 is 5.41 Å². The van der Waals surface area contributed by atoms with Crippen LogP contribution < -0.4 is 103 Å². The minimum Gasteiger partial charge on any atom is -0.305 e. The molecule has 4 heteroatoms. The molecule has 0 rings (SSSR count). The molecule has 0 saturated heterocycles. The largest absolute Gasteiger partial charge is 1.00 e. The van der Waals surface area contributed by atoms with Gasteiger partial charge >= 0.3 is 103 Å². The number of carbonyl (C=O) groups excluding carboxylic acids is 1. The summed E-state index contributed by atoms with van der Waals surface area (Å²) in [5.41, 5.74) is -0.895. The third-order valence-corrected chi connectivity index (χ3v) is 1.85. The van der Waals surface area contributed by atoms with E-state index in [1.54, 1.807) is 34.1 Å². The molecule has 2 nitrogen and oxygen atoms in total. The van der Waals surface area contributed by atoms with Crippen LogP contribution in [0.2, 0.25) is 0 Å². The van der Waals surface area contributed by atoms with Crippen molar-refractivity contribution in [3.63, 3.8) is 0 Å². The monoisotopic (exact) mass is 230 g/mol. The van der Waals surface area contributed by atoms with Gasteiger partial charge in [-0.25, -0.2) is 5.26 Å². The molecule has 13 heavy (non-hydrogen) atoms. The molecule has 1 atom stereocenters. The molecule has 0 saturated carbocycles. The summed E-state index contributed by atoms with van der Waals surface area (Å²) in [5, 5.41) is 8.70. The van der Waals surface area contributed by atoms with Crippen LogP contribution in [-0.4, -0.2) is 5.78 Å². The van der Waals surface area contributed by atoms with Gasteiger partial charge in [0.25, 0.3) is 0 Å². The average molecular weight is 230 g/mol. The summed E-state index contributed by atoms with van der Waals surface area (Å²) in [6, 6.07) is 2.00. The van der Waals surface area contributed by atoms with Crippen molar-refractivity contribution in [2.45, 2.75) is 27.7 Å². The first-order chi connectivity index (χ1) is 4.98. The topological polar surface area (TPSA) is 40.9 Å². The van der Waals surface area contributed by atoms with Gasteiger partial charge < -0.3 is 11.2 Å². The summed E-state index contributed by atoms with van der Waals surface area (Å²) in [5.74, 6) is -0.0849. The SMILES string of the molecule is C[CH-]C(C)(C#N)C(=O)C(C)C.[K+].[K+]. The maximum absolute atomic E-state index is 11.4. The third-order valence-electron chi connectivity index (χ3n) is 1.85. The molecule has 0 aromatic heterocycles. The van der Waals surface area contributed by atoms with Gasteiger partial charge in [0, 0.05) is 12.0 Å². The zero-order chi connectivity index (χ0) is 9.07. The molecule has 0 amide bonds. The van der Waals surface area contributed by atoms with Crippen LogP contribution in [0.25, 0.3) is 0 Å². The summed E-state index contributed by atoms with van der Waals surface area (Å²) >= 11 is 0. The summed E-state index contributed by atoms with van der Waals surface area (Å²) < 4.78 is 0. The molecule has 62 valence electrons. The van der Waals surface area contributed by atoms with Crippen LogP contribution in [0.15, 0.2) is 0 Å². The number of nitriles is 1. The van der Waals surface area contributed by atoms with Crippen LogP contribution in [-0.2, 0) is 4.79 Å². The predicted molar refractivity (Wildman–Crippen MR) is 43.5 cm³/mol. The normalized spacial score (nSPS) is 13.2. The summed E-state index contributed by atoms with van der Waals surface area (Å²) in [7, 11) is 0. The number of rotatable bonds is 3. The molecule has 1 unspecified atom stereocenters. The molecule has 0 aromatic carbocycles. The summed E-state index contributed by atoms with van der Waals surface area (Å²) in [6.45, 7) is 7.00. The molecule has 0 bridgehead atoms. The van der Waals surface area contributed by atoms with E-state index >= 15 is 0 Å². The smallest absolute Gasteiger partial charge is 0.305 e. The van der Waals surface area contributed by atoms with E-state index in [1.807, 2.05) is 6.07 Å². The number of ketones is 1. The molecule has 0 aliphatic heterocycles. The Kier molecular flexibility index (Phi) is 15.4. The zero-order valence-electron chi connectivity index (χ0n) is 9.51. The molecular formula is C9H14K2NO+. The van der Waals surface area contributed by atoms with E-state index in [-0.39, 0.29) is 114 Å². The Bertz CT molecular complexity index is 198. The second-order valence-corrected chi connectivity index (χ2v) is 3.12. The van der Waals surface area contributed by atoms with Crippen LogP contribution in [0.1, 0.15) is 27.7 Å².